The molecular formula is C11H15N5O2. The van der Waals surface area contributed by atoms with Gasteiger partial charge in [-0.15, -0.1) is 0 Å². The van der Waals surface area contributed by atoms with Crippen molar-refractivity contribution in [3.63, 3.8) is 0 Å². The van der Waals surface area contributed by atoms with E-state index < -0.39 is 0 Å². The van der Waals surface area contributed by atoms with Gasteiger partial charge in [0.2, 0.25) is 11.8 Å². The van der Waals surface area contributed by atoms with Crippen LogP contribution in [0.5, 0.6) is 0 Å². The highest BCUT2D eigenvalue weighted by Gasteiger charge is 2.14. The maximum atomic E-state index is 5.14. The number of rotatable bonds is 5. The van der Waals surface area contributed by atoms with Gasteiger partial charge in [0, 0.05) is 26.6 Å². The van der Waals surface area contributed by atoms with Crippen molar-refractivity contribution in [2.24, 2.45) is 0 Å². The van der Waals surface area contributed by atoms with Gasteiger partial charge in [0.15, 0.2) is 5.82 Å². The molecule has 0 bridgehead atoms. The molecule has 0 aliphatic carbocycles. The molecule has 96 valence electrons. The second-order valence-corrected chi connectivity index (χ2v) is 3.83. The zero-order chi connectivity index (χ0) is 13.0. The van der Waals surface area contributed by atoms with Gasteiger partial charge in [-0.3, -0.25) is 0 Å². The Kier molecular flexibility index (Phi) is 3.83. The highest BCUT2D eigenvalue weighted by atomic mass is 16.5. The van der Waals surface area contributed by atoms with Gasteiger partial charge in [0.25, 0.3) is 0 Å². The van der Waals surface area contributed by atoms with Crippen LogP contribution in [-0.2, 0) is 11.3 Å². The van der Waals surface area contributed by atoms with Crippen LogP contribution in [0.25, 0.3) is 0 Å². The van der Waals surface area contributed by atoms with Crippen molar-refractivity contribution in [3.8, 4) is 0 Å². The summed E-state index contributed by atoms with van der Waals surface area (Å²) in [6.45, 7) is 2.31. The Morgan fingerprint density at radius 3 is 2.78 bits per heavy atom. The van der Waals surface area contributed by atoms with Crippen molar-refractivity contribution >= 4 is 5.95 Å². The molecule has 7 heteroatoms. The normalized spacial score (nSPS) is 12.4. The first-order chi connectivity index (χ1) is 8.70. The van der Waals surface area contributed by atoms with E-state index in [1.54, 1.807) is 25.6 Å². The maximum Gasteiger partial charge on any atom is 0.246 e. The lowest BCUT2D eigenvalue weighted by atomic mass is 10.4. The van der Waals surface area contributed by atoms with E-state index in [2.05, 4.69) is 20.1 Å². The fourth-order valence-corrected chi connectivity index (χ4v) is 1.36. The van der Waals surface area contributed by atoms with Crippen molar-refractivity contribution in [2.75, 3.05) is 19.1 Å². The molecule has 2 rings (SSSR count). The number of anilines is 1. The fourth-order valence-electron chi connectivity index (χ4n) is 1.36. The summed E-state index contributed by atoms with van der Waals surface area (Å²) in [6.07, 6.45) is 3.19. The maximum absolute atomic E-state index is 5.14. The van der Waals surface area contributed by atoms with E-state index in [0.717, 1.165) is 0 Å². The molecule has 0 unspecified atom stereocenters. The minimum atomic E-state index is -0.180. The third-order valence-corrected chi connectivity index (χ3v) is 2.47. The molecule has 1 atom stereocenters. The minimum absolute atomic E-state index is 0.180. The Balaban J connectivity index is 2.03. The van der Waals surface area contributed by atoms with Crippen molar-refractivity contribution in [1.82, 2.24) is 20.1 Å². The summed E-state index contributed by atoms with van der Waals surface area (Å²) in [6, 6.07) is 1.77. The lowest BCUT2D eigenvalue weighted by Crippen LogP contribution is -2.19. The van der Waals surface area contributed by atoms with Crippen molar-refractivity contribution in [3.05, 3.63) is 30.2 Å². The molecule has 0 N–H and O–H groups in total. The van der Waals surface area contributed by atoms with Crippen LogP contribution < -0.4 is 4.90 Å². The predicted molar refractivity (Wildman–Crippen MR) is 63.9 cm³/mol. The summed E-state index contributed by atoms with van der Waals surface area (Å²) >= 11 is 0. The summed E-state index contributed by atoms with van der Waals surface area (Å²) < 4.78 is 10.3. The Morgan fingerprint density at radius 1 is 1.39 bits per heavy atom. The summed E-state index contributed by atoms with van der Waals surface area (Å²) in [5.41, 5.74) is 0. The van der Waals surface area contributed by atoms with E-state index in [1.807, 2.05) is 18.9 Å². The zero-order valence-electron chi connectivity index (χ0n) is 10.6. The molecule has 0 aliphatic rings. The molecule has 18 heavy (non-hydrogen) atoms. The van der Waals surface area contributed by atoms with Crippen LogP contribution in [-0.4, -0.2) is 34.3 Å². The highest BCUT2D eigenvalue weighted by Crippen LogP contribution is 2.13. The smallest absolute Gasteiger partial charge is 0.246 e. The Labute approximate surface area is 105 Å². The first-order valence-corrected chi connectivity index (χ1v) is 5.54. The second kappa shape index (κ2) is 5.54. The molecule has 0 amide bonds. The van der Waals surface area contributed by atoms with Crippen LogP contribution in [0.4, 0.5) is 5.95 Å². The molecule has 0 fully saturated rings. The molecule has 2 heterocycles. The summed E-state index contributed by atoms with van der Waals surface area (Å²) in [7, 11) is 3.46. The van der Waals surface area contributed by atoms with E-state index in [1.165, 1.54) is 0 Å². The van der Waals surface area contributed by atoms with E-state index in [-0.39, 0.29) is 6.10 Å². The monoisotopic (exact) mass is 249 g/mol. The Morgan fingerprint density at radius 2 is 2.11 bits per heavy atom. The zero-order valence-corrected chi connectivity index (χ0v) is 10.6. The van der Waals surface area contributed by atoms with Crippen molar-refractivity contribution in [1.29, 1.82) is 0 Å². The molecule has 0 spiro atoms. The lowest BCUT2D eigenvalue weighted by Gasteiger charge is -2.13. The first kappa shape index (κ1) is 12.4. The van der Waals surface area contributed by atoms with Gasteiger partial charge in [-0.1, -0.05) is 5.16 Å². The van der Waals surface area contributed by atoms with Gasteiger partial charge in [0.1, 0.15) is 6.10 Å². The van der Waals surface area contributed by atoms with Gasteiger partial charge in [0.05, 0.1) is 6.54 Å². The standard InChI is InChI=1S/C11H15N5O2/c1-8(17-3)10-14-9(18-15-10)7-16(2)11-12-5-4-6-13-11/h4-6,8H,7H2,1-3H3/t8-/m0/s1. The fraction of sp³-hybridized carbons (Fsp3) is 0.455. The topological polar surface area (TPSA) is 77.2 Å². The highest BCUT2D eigenvalue weighted by molar-refractivity contribution is 5.26. The number of ether oxygens (including phenoxy) is 1. The van der Waals surface area contributed by atoms with Crippen LogP contribution in [0.15, 0.2) is 23.0 Å². The van der Waals surface area contributed by atoms with Crippen molar-refractivity contribution in [2.45, 2.75) is 19.6 Å². The SMILES string of the molecule is CO[C@@H](C)c1noc(CN(C)c2ncccn2)n1. The summed E-state index contributed by atoms with van der Waals surface area (Å²) in [5.74, 6) is 1.65. The van der Waals surface area contributed by atoms with E-state index in [4.69, 9.17) is 9.26 Å². The Hall–Kier alpha value is -2.02. The number of hydrogen-bond acceptors (Lipinski definition) is 7. The van der Waals surface area contributed by atoms with Crippen LogP contribution in [0.1, 0.15) is 24.7 Å². The molecular weight excluding hydrogens is 234 g/mol. The minimum Gasteiger partial charge on any atom is -0.374 e. The lowest BCUT2D eigenvalue weighted by molar-refractivity contribution is 0.109. The molecule has 0 saturated carbocycles. The number of hydrogen-bond donors (Lipinski definition) is 0. The molecule has 0 radical (unpaired) electrons. The summed E-state index contributed by atoms with van der Waals surface area (Å²) in [4.78, 5) is 14.3. The number of methoxy groups -OCH3 is 1. The van der Waals surface area contributed by atoms with Gasteiger partial charge in [-0.05, 0) is 13.0 Å². The van der Waals surface area contributed by atoms with Gasteiger partial charge in [-0.25, -0.2) is 9.97 Å². The van der Waals surface area contributed by atoms with E-state index in [9.17, 15) is 0 Å². The van der Waals surface area contributed by atoms with E-state index in [0.29, 0.717) is 24.2 Å². The third-order valence-electron chi connectivity index (χ3n) is 2.47. The molecule has 0 aliphatic heterocycles. The molecule has 2 aromatic heterocycles. The van der Waals surface area contributed by atoms with Gasteiger partial charge >= 0.3 is 0 Å². The number of nitrogens with zero attached hydrogens (tertiary/aromatic N) is 5. The van der Waals surface area contributed by atoms with Crippen LogP contribution >= 0.6 is 0 Å². The molecule has 0 saturated heterocycles. The predicted octanol–water partition coefficient (Wildman–Crippen LogP) is 1.20. The molecule has 0 aromatic carbocycles. The largest absolute Gasteiger partial charge is 0.374 e. The quantitative estimate of drug-likeness (QED) is 0.787. The van der Waals surface area contributed by atoms with Gasteiger partial charge in [-0.2, -0.15) is 4.98 Å². The average molecular weight is 249 g/mol. The van der Waals surface area contributed by atoms with Crippen LogP contribution in [0.3, 0.4) is 0 Å². The second-order valence-electron chi connectivity index (χ2n) is 3.83. The molecule has 2 aromatic rings. The first-order valence-electron chi connectivity index (χ1n) is 5.54. The van der Waals surface area contributed by atoms with Gasteiger partial charge < -0.3 is 14.2 Å². The number of aromatic nitrogens is 4. The Bertz CT molecular complexity index is 487. The van der Waals surface area contributed by atoms with Crippen LogP contribution in [0.2, 0.25) is 0 Å². The van der Waals surface area contributed by atoms with Crippen molar-refractivity contribution < 1.29 is 9.26 Å². The third kappa shape index (κ3) is 2.80. The van der Waals surface area contributed by atoms with Crippen LogP contribution in [0, 0.1) is 0 Å². The van der Waals surface area contributed by atoms with E-state index >= 15 is 0 Å². The molecule has 7 nitrogen and oxygen atoms in total. The summed E-state index contributed by atoms with van der Waals surface area (Å²) in [5, 5.41) is 3.86. The average Bonchev–Trinajstić information content (AvgIpc) is 2.87.